The van der Waals surface area contributed by atoms with E-state index in [0.717, 1.165) is 16.1 Å². The van der Waals surface area contributed by atoms with Crippen LogP contribution in [0.4, 0.5) is 0 Å². The van der Waals surface area contributed by atoms with Crippen LogP contribution in [0.25, 0.3) is 10.6 Å². The van der Waals surface area contributed by atoms with Crippen LogP contribution in [0.15, 0.2) is 10.8 Å². The third kappa shape index (κ3) is 2.33. The van der Waals surface area contributed by atoms with Gasteiger partial charge in [0.05, 0.1) is 5.69 Å². The fourth-order valence-electron chi connectivity index (χ4n) is 1.67. The van der Waals surface area contributed by atoms with E-state index in [9.17, 15) is 9.90 Å². The third-order valence-corrected chi connectivity index (χ3v) is 4.56. The number of rotatable bonds is 2. The molecular formula is C13H15NO2S2. The van der Waals surface area contributed by atoms with E-state index in [4.69, 9.17) is 0 Å². The summed E-state index contributed by atoms with van der Waals surface area (Å²) in [6, 6.07) is 0. The molecule has 0 spiro atoms. The van der Waals surface area contributed by atoms with Crippen LogP contribution in [-0.2, 0) is 5.41 Å². The number of hydrogen-bond acceptors (Lipinski definition) is 4. The van der Waals surface area contributed by atoms with E-state index in [0.29, 0.717) is 10.6 Å². The lowest BCUT2D eigenvalue weighted by Gasteiger charge is -2.15. The molecule has 0 saturated heterocycles. The van der Waals surface area contributed by atoms with Crippen molar-refractivity contribution < 1.29 is 9.90 Å². The van der Waals surface area contributed by atoms with E-state index in [1.165, 1.54) is 11.3 Å². The molecule has 0 aliphatic heterocycles. The fraction of sp³-hybridized carbons (Fsp3) is 0.385. The highest BCUT2D eigenvalue weighted by molar-refractivity contribution is 7.17. The molecule has 2 rings (SSSR count). The quantitative estimate of drug-likeness (QED) is 0.898. The van der Waals surface area contributed by atoms with Crippen molar-refractivity contribution in [2.45, 2.75) is 33.1 Å². The summed E-state index contributed by atoms with van der Waals surface area (Å²) in [7, 11) is 0. The first-order valence-electron chi connectivity index (χ1n) is 5.58. The molecule has 0 radical (unpaired) electrons. The summed E-state index contributed by atoms with van der Waals surface area (Å²) in [6.07, 6.45) is 0. The third-order valence-electron chi connectivity index (χ3n) is 2.62. The normalized spacial score (nSPS) is 11.8. The summed E-state index contributed by atoms with van der Waals surface area (Å²) in [5.74, 6) is -0.892. The Kier molecular flexibility index (Phi) is 3.29. The molecule has 0 aliphatic carbocycles. The molecule has 0 aromatic carbocycles. The molecular weight excluding hydrogens is 266 g/mol. The van der Waals surface area contributed by atoms with Crippen LogP contribution < -0.4 is 0 Å². The zero-order valence-electron chi connectivity index (χ0n) is 10.8. The zero-order valence-corrected chi connectivity index (χ0v) is 12.4. The van der Waals surface area contributed by atoms with E-state index in [2.05, 4.69) is 4.98 Å². The molecule has 0 amide bonds. The molecule has 96 valence electrons. The number of carbonyl (C=O) groups is 1. The van der Waals surface area contributed by atoms with Crippen molar-refractivity contribution in [3.05, 3.63) is 26.9 Å². The molecule has 0 bridgehead atoms. The maximum atomic E-state index is 11.3. The Morgan fingerprint density at radius 2 is 2.00 bits per heavy atom. The molecule has 0 aliphatic rings. The van der Waals surface area contributed by atoms with Gasteiger partial charge in [0, 0.05) is 16.4 Å². The van der Waals surface area contributed by atoms with Gasteiger partial charge in [0.1, 0.15) is 9.88 Å². The molecule has 5 heteroatoms. The smallest absolute Gasteiger partial charge is 0.347 e. The summed E-state index contributed by atoms with van der Waals surface area (Å²) in [6.45, 7) is 7.97. The van der Waals surface area contributed by atoms with Gasteiger partial charge in [-0.05, 0) is 17.9 Å². The predicted molar refractivity (Wildman–Crippen MR) is 75.8 cm³/mol. The Morgan fingerprint density at radius 1 is 1.33 bits per heavy atom. The highest BCUT2D eigenvalue weighted by Gasteiger charge is 2.27. The number of thiophene rings is 1. The highest BCUT2D eigenvalue weighted by atomic mass is 32.1. The van der Waals surface area contributed by atoms with Gasteiger partial charge < -0.3 is 5.11 Å². The van der Waals surface area contributed by atoms with Gasteiger partial charge in [-0.2, -0.15) is 11.3 Å². The number of aryl methyl sites for hydroxylation is 1. The number of aromatic nitrogens is 1. The first kappa shape index (κ1) is 13.2. The average molecular weight is 281 g/mol. The van der Waals surface area contributed by atoms with Gasteiger partial charge in [0.15, 0.2) is 0 Å². The molecule has 3 nitrogen and oxygen atoms in total. The van der Waals surface area contributed by atoms with Gasteiger partial charge in [0.2, 0.25) is 0 Å². The fourth-order valence-corrected chi connectivity index (χ4v) is 3.77. The highest BCUT2D eigenvalue weighted by Crippen LogP contribution is 2.36. The lowest BCUT2D eigenvalue weighted by Crippen LogP contribution is -2.16. The van der Waals surface area contributed by atoms with E-state index < -0.39 is 5.97 Å². The Labute approximate surface area is 114 Å². The van der Waals surface area contributed by atoms with Gasteiger partial charge in [-0.3, -0.25) is 0 Å². The predicted octanol–water partition coefficient (Wildman–Crippen LogP) is 4.18. The first-order valence-corrected chi connectivity index (χ1v) is 7.34. The van der Waals surface area contributed by atoms with Crippen molar-refractivity contribution in [3.8, 4) is 10.6 Å². The van der Waals surface area contributed by atoms with Crippen LogP contribution >= 0.6 is 22.7 Å². The SMILES string of the molecule is Cc1cscc1-c1nc(C(C)(C)C)c(C(=O)O)s1. The number of aromatic carboxylic acids is 1. The van der Waals surface area contributed by atoms with Gasteiger partial charge in [0.25, 0.3) is 0 Å². The minimum absolute atomic E-state index is 0.258. The molecule has 0 fully saturated rings. The maximum absolute atomic E-state index is 11.3. The Balaban J connectivity index is 2.60. The van der Waals surface area contributed by atoms with Crippen molar-refractivity contribution in [2.75, 3.05) is 0 Å². The van der Waals surface area contributed by atoms with Crippen molar-refractivity contribution in [2.24, 2.45) is 0 Å². The standard InChI is InChI=1S/C13H15NO2S2/c1-7-5-17-6-8(7)11-14-10(13(2,3)4)9(18-11)12(15)16/h5-6H,1-4H3,(H,15,16). The summed E-state index contributed by atoms with van der Waals surface area (Å²) in [5, 5.41) is 14.2. The molecule has 18 heavy (non-hydrogen) atoms. The van der Waals surface area contributed by atoms with Crippen LogP contribution in [0, 0.1) is 6.92 Å². The van der Waals surface area contributed by atoms with Gasteiger partial charge in [-0.25, -0.2) is 9.78 Å². The van der Waals surface area contributed by atoms with Crippen molar-refractivity contribution in [1.82, 2.24) is 4.98 Å². The number of hydrogen-bond donors (Lipinski definition) is 1. The van der Waals surface area contributed by atoms with Crippen LogP contribution in [0.5, 0.6) is 0 Å². The van der Waals surface area contributed by atoms with Crippen LogP contribution in [-0.4, -0.2) is 16.1 Å². The Bertz CT molecular complexity index is 590. The second-order valence-corrected chi connectivity index (χ2v) is 6.96. The Morgan fingerprint density at radius 3 is 2.39 bits per heavy atom. The average Bonchev–Trinajstić information content (AvgIpc) is 2.81. The van der Waals surface area contributed by atoms with Crippen LogP contribution in [0.2, 0.25) is 0 Å². The Hall–Kier alpha value is -1.20. The first-order chi connectivity index (χ1) is 8.30. The summed E-state index contributed by atoms with van der Waals surface area (Å²) >= 11 is 2.87. The molecule has 1 N–H and O–H groups in total. The van der Waals surface area contributed by atoms with E-state index in [1.807, 2.05) is 38.5 Å². The number of carboxylic acid groups (broad SMARTS) is 1. The topological polar surface area (TPSA) is 50.2 Å². The molecule has 2 aromatic rings. The monoisotopic (exact) mass is 281 g/mol. The van der Waals surface area contributed by atoms with E-state index >= 15 is 0 Å². The van der Waals surface area contributed by atoms with Crippen LogP contribution in [0.3, 0.4) is 0 Å². The second kappa shape index (κ2) is 4.48. The molecule has 2 aromatic heterocycles. The molecule has 0 atom stereocenters. The number of thiazole rings is 1. The summed E-state index contributed by atoms with van der Waals surface area (Å²) in [4.78, 5) is 16.2. The van der Waals surface area contributed by atoms with Crippen LogP contribution in [0.1, 0.15) is 41.7 Å². The van der Waals surface area contributed by atoms with E-state index in [1.54, 1.807) is 11.3 Å². The van der Waals surface area contributed by atoms with Crippen molar-refractivity contribution in [3.63, 3.8) is 0 Å². The lowest BCUT2D eigenvalue weighted by molar-refractivity contribution is 0.0699. The molecule has 2 heterocycles. The van der Waals surface area contributed by atoms with E-state index in [-0.39, 0.29) is 5.41 Å². The minimum Gasteiger partial charge on any atom is -0.477 e. The second-order valence-electron chi connectivity index (χ2n) is 5.22. The van der Waals surface area contributed by atoms with Crippen molar-refractivity contribution in [1.29, 1.82) is 0 Å². The number of carboxylic acids is 1. The zero-order chi connectivity index (χ0) is 13.5. The van der Waals surface area contributed by atoms with Gasteiger partial charge >= 0.3 is 5.97 Å². The summed E-state index contributed by atoms with van der Waals surface area (Å²) in [5.41, 5.74) is 2.60. The van der Waals surface area contributed by atoms with Gasteiger partial charge in [-0.15, -0.1) is 11.3 Å². The minimum atomic E-state index is -0.892. The molecule has 0 unspecified atom stereocenters. The van der Waals surface area contributed by atoms with Gasteiger partial charge in [-0.1, -0.05) is 20.8 Å². The van der Waals surface area contributed by atoms with Crippen molar-refractivity contribution >= 4 is 28.6 Å². The largest absolute Gasteiger partial charge is 0.477 e. The maximum Gasteiger partial charge on any atom is 0.347 e. The summed E-state index contributed by atoms with van der Waals surface area (Å²) < 4.78 is 0. The lowest BCUT2D eigenvalue weighted by atomic mass is 9.91. The number of nitrogens with zero attached hydrogens (tertiary/aromatic N) is 1. The molecule has 0 saturated carbocycles.